The zero-order chi connectivity index (χ0) is 14.8. The van der Waals surface area contributed by atoms with Crippen LogP contribution < -0.4 is 4.74 Å². The maximum Gasteiger partial charge on any atom is 0.261 e. The lowest BCUT2D eigenvalue weighted by Gasteiger charge is -2.10. The van der Waals surface area contributed by atoms with Gasteiger partial charge in [-0.3, -0.25) is 0 Å². The van der Waals surface area contributed by atoms with Crippen molar-refractivity contribution in [3.63, 3.8) is 0 Å². The Labute approximate surface area is 136 Å². The molecule has 0 fully saturated rings. The molecule has 0 radical (unpaired) electrons. The standard InChI is InChI=1S/C14H12ClIO3S/c1-10-8-13(20(15,17)18)6-7-14(10)19-9-11-2-4-12(16)5-3-11/h2-8H,9H2,1H3. The van der Waals surface area contributed by atoms with Crippen molar-refractivity contribution < 1.29 is 13.2 Å². The molecule has 0 aliphatic carbocycles. The third-order valence-corrected chi connectivity index (χ3v) is 4.81. The van der Waals surface area contributed by atoms with Gasteiger partial charge >= 0.3 is 0 Å². The van der Waals surface area contributed by atoms with Gasteiger partial charge in [-0.05, 0) is 71.0 Å². The monoisotopic (exact) mass is 422 g/mol. The Morgan fingerprint density at radius 3 is 2.35 bits per heavy atom. The van der Waals surface area contributed by atoms with Gasteiger partial charge in [-0.2, -0.15) is 0 Å². The van der Waals surface area contributed by atoms with Gasteiger partial charge in [0.05, 0.1) is 4.90 Å². The Morgan fingerprint density at radius 2 is 1.80 bits per heavy atom. The summed E-state index contributed by atoms with van der Waals surface area (Å²) in [6.45, 7) is 2.22. The van der Waals surface area contributed by atoms with Crippen molar-refractivity contribution in [2.75, 3.05) is 0 Å². The highest BCUT2D eigenvalue weighted by atomic mass is 127. The number of hydrogen-bond donors (Lipinski definition) is 0. The second-order valence-electron chi connectivity index (χ2n) is 4.28. The zero-order valence-electron chi connectivity index (χ0n) is 10.6. The van der Waals surface area contributed by atoms with E-state index in [2.05, 4.69) is 22.6 Å². The Bertz CT molecular complexity index is 712. The molecule has 0 saturated carbocycles. The summed E-state index contributed by atoms with van der Waals surface area (Å²) in [5, 5.41) is 0. The van der Waals surface area contributed by atoms with Crippen molar-refractivity contribution in [2.45, 2.75) is 18.4 Å². The smallest absolute Gasteiger partial charge is 0.261 e. The minimum Gasteiger partial charge on any atom is -0.489 e. The molecule has 0 heterocycles. The van der Waals surface area contributed by atoms with Gasteiger partial charge in [0.15, 0.2) is 0 Å². The van der Waals surface area contributed by atoms with Crippen molar-refractivity contribution >= 4 is 42.3 Å². The van der Waals surface area contributed by atoms with E-state index >= 15 is 0 Å². The molecule has 0 amide bonds. The second kappa shape index (κ2) is 6.32. The van der Waals surface area contributed by atoms with E-state index in [-0.39, 0.29) is 4.90 Å². The van der Waals surface area contributed by atoms with Crippen LogP contribution in [0.15, 0.2) is 47.4 Å². The summed E-state index contributed by atoms with van der Waals surface area (Å²) in [5.41, 5.74) is 1.79. The molecule has 3 nitrogen and oxygen atoms in total. The molecule has 0 aliphatic heterocycles. The van der Waals surface area contributed by atoms with E-state index in [1.807, 2.05) is 24.3 Å². The Morgan fingerprint density at radius 1 is 1.15 bits per heavy atom. The van der Waals surface area contributed by atoms with Crippen LogP contribution >= 0.6 is 33.3 Å². The molecule has 0 spiro atoms. The maximum absolute atomic E-state index is 11.2. The summed E-state index contributed by atoms with van der Waals surface area (Å²) in [6, 6.07) is 12.6. The summed E-state index contributed by atoms with van der Waals surface area (Å²) < 4.78 is 29.3. The first-order valence-corrected chi connectivity index (χ1v) is 9.17. The van der Waals surface area contributed by atoms with Crippen LogP contribution in [-0.4, -0.2) is 8.42 Å². The summed E-state index contributed by atoms with van der Waals surface area (Å²) in [7, 11) is 1.60. The van der Waals surface area contributed by atoms with Crippen molar-refractivity contribution in [2.24, 2.45) is 0 Å². The lowest BCUT2D eigenvalue weighted by Crippen LogP contribution is -1.98. The number of rotatable bonds is 4. The molecule has 0 atom stereocenters. The van der Waals surface area contributed by atoms with Crippen LogP contribution in [0.1, 0.15) is 11.1 Å². The van der Waals surface area contributed by atoms with Crippen LogP contribution in [0.2, 0.25) is 0 Å². The Hall–Kier alpha value is -0.790. The topological polar surface area (TPSA) is 43.4 Å². The number of hydrogen-bond acceptors (Lipinski definition) is 3. The quantitative estimate of drug-likeness (QED) is 0.550. The molecule has 20 heavy (non-hydrogen) atoms. The molecular formula is C14H12ClIO3S. The lowest BCUT2D eigenvalue weighted by molar-refractivity contribution is 0.304. The molecule has 2 aromatic rings. The number of halogens is 2. The number of aryl methyl sites for hydroxylation is 1. The van der Waals surface area contributed by atoms with E-state index in [1.165, 1.54) is 15.7 Å². The fraction of sp³-hybridized carbons (Fsp3) is 0.143. The van der Waals surface area contributed by atoms with E-state index < -0.39 is 9.05 Å². The largest absolute Gasteiger partial charge is 0.489 e. The Balaban J connectivity index is 2.12. The summed E-state index contributed by atoms with van der Waals surface area (Å²) in [5.74, 6) is 0.646. The van der Waals surface area contributed by atoms with Crippen LogP contribution in [-0.2, 0) is 15.7 Å². The van der Waals surface area contributed by atoms with Crippen LogP contribution in [0.5, 0.6) is 5.75 Å². The fourth-order valence-corrected chi connectivity index (χ4v) is 2.87. The predicted molar refractivity (Wildman–Crippen MR) is 87.7 cm³/mol. The van der Waals surface area contributed by atoms with E-state index in [0.717, 1.165) is 11.1 Å². The normalized spacial score (nSPS) is 11.3. The van der Waals surface area contributed by atoms with Crippen LogP contribution in [0.3, 0.4) is 0 Å². The van der Waals surface area contributed by atoms with Gasteiger partial charge in [0.2, 0.25) is 0 Å². The van der Waals surface area contributed by atoms with Gasteiger partial charge in [0.25, 0.3) is 9.05 Å². The fourth-order valence-electron chi connectivity index (χ4n) is 1.68. The average molecular weight is 423 g/mol. The third kappa shape index (κ3) is 4.10. The number of ether oxygens (including phenoxy) is 1. The molecule has 0 aliphatic rings. The molecule has 0 saturated heterocycles. The molecule has 0 unspecified atom stereocenters. The van der Waals surface area contributed by atoms with Crippen molar-refractivity contribution in [1.82, 2.24) is 0 Å². The molecule has 2 rings (SSSR count). The minimum absolute atomic E-state index is 0.0817. The van der Waals surface area contributed by atoms with Gasteiger partial charge in [0, 0.05) is 14.3 Å². The van der Waals surface area contributed by atoms with E-state index in [1.54, 1.807) is 13.0 Å². The summed E-state index contributed by atoms with van der Waals surface area (Å²) in [6.07, 6.45) is 0. The van der Waals surface area contributed by atoms with Crippen molar-refractivity contribution in [3.05, 3.63) is 57.2 Å². The molecule has 106 valence electrons. The molecule has 2 aromatic carbocycles. The summed E-state index contributed by atoms with van der Waals surface area (Å²) in [4.78, 5) is 0.0817. The van der Waals surface area contributed by atoms with Crippen molar-refractivity contribution in [1.29, 1.82) is 0 Å². The molecular weight excluding hydrogens is 411 g/mol. The van der Waals surface area contributed by atoms with Crippen LogP contribution in [0.4, 0.5) is 0 Å². The van der Waals surface area contributed by atoms with Gasteiger partial charge < -0.3 is 4.74 Å². The summed E-state index contributed by atoms with van der Waals surface area (Å²) >= 11 is 2.24. The van der Waals surface area contributed by atoms with Gasteiger partial charge in [-0.15, -0.1) is 0 Å². The zero-order valence-corrected chi connectivity index (χ0v) is 14.4. The highest BCUT2D eigenvalue weighted by molar-refractivity contribution is 14.1. The van der Waals surface area contributed by atoms with Gasteiger partial charge in [-0.1, -0.05) is 12.1 Å². The highest BCUT2D eigenvalue weighted by Crippen LogP contribution is 2.24. The molecule has 0 N–H and O–H groups in total. The average Bonchev–Trinajstić information content (AvgIpc) is 2.38. The first kappa shape index (κ1) is 15.6. The van der Waals surface area contributed by atoms with E-state index in [4.69, 9.17) is 15.4 Å². The predicted octanol–water partition coefficient (Wildman–Crippen LogP) is 4.11. The second-order valence-corrected chi connectivity index (χ2v) is 8.09. The maximum atomic E-state index is 11.2. The van der Waals surface area contributed by atoms with Crippen LogP contribution in [0, 0.1) is 10.5 Å². The van der Waals surface area contributed by atoms with E-state index in [0.29, 0.717) is 12.4 Å². The molecule has 0 aromatic heterocycles. The van der Waals surface area contributed by atoms with Gasteiger partial charge in [0.1, 0.15) is 12.4 Å². The van der Waals surface area contributed by atoms with E-state index in [9.17, 15) is 8.42 Å². The third-order valence-electron chi connectivity index (χ3n) is 2.74. The first-order chi connectivity index (χ1) is 9.36. The Kier molecular flexibility index (Phi) is 4.93. The first-order valence-electron chi connectivity index (χ1n) is 5.79. The lowest BCUT2D eigenvalue weighted by atomic mass is 10.2. The molecule has 6 heteroatoms. The number of benzene rings is 2. The minimum atomic E-state index is -3.70. The molecule has 0 bridgehead atoms. The SMILES string of the molecule is Cc1cc(S(=O)(=O)Cl)ccc1OCc1ccc(I)cc1. The van der Waals surface area contributed by atoms with Crippen LogP contribution in [0.25, 0.3) is 0 Å². The van der Waals surface area contributed by atoms with Crippen molar-refractivity contribution in [3.8, 4) is 5.75 Å². The highest BCUT2D eigenvalue weighted by Gasteiger charge is 2.11. The van der Waals surface area contributed by atoms with Gasteiger partial charge in [-0.25, -0.2) is 8.42 Å².